The van der Waals surface area contributed by atoms with Gasteiger partial charge in [-0.25, -0.2) is 4.79 Å². The third-order valence-corrected chi connectivity index (χ3v) is 4.44. The van der Waals surface area contributed by atoms with Crippen LogP contribution in [-0.2, 0) is 11.3 Å². The van der Waals surface area contributed by atoms with E-state index >= 15 is 0 Å². The maximum atomic E-state index is 12.0. The van der Waals surface area contributed by atoms with Crippen LogP contribution in [0.15, 0.2) is 65.1 Å². The van der Waals surface area contributed by atoms with Crippen LogP contribution in [0.3, 0.4) is 0 Å². The average Bonchev–Trinajstić information content (AvgIpc) is 3.13. The zero-order valence-electron chi connectivity index (χ0n) is 14.5. The predicted octanol–water partition coefficient (Wildman–Crippen LogP) is 5.28. The number of carboxylic acid groups (broad SMARTS) is 1. The number of carbonyl (C=O) groups excluding carboxylic acids is 1. The van der Waals surface area contributed by atoms with E-state index in [2.05, 4.69) is 5.32 Å². The van der Waals surface area contributed by atoms with E-state index in [4.69, 9.17) is 32.7 Å². The molecule has 28 heavy (non-hydrogen) atoms. The molecule has 5 nitrogen and oxygen atoms in total. The number of hydrogen-bond donors (Lipinski definition) is 2. The van der Waals surface area contributed by atoms with Crippen molar-refractivity contribution in [3.05, 3.63) is 87.6 Å². The van der Waals surface area contributed by atoms with Crippen LogP contribution in [0.5, 0.6) is 0 Å². The summed E-state index contributed by atoms with van der Waals surface area (Å²) in [5.74, 6) is -0.219. The van der Waals surface area contributed by atoms with Crippen molar-refractivity contribution in [3.8, 4) is 11.3 Å². The largest absolute Gasteiger partial charge is 0.478 e. The lowest BCUT2D eigenvalue weighted by molar-refractivity contribution is -0.116. The van der Waals surface area contributed by atoms with Crippen molar-refractivity contribution in [1.29, 1.82) is 0 Å². The van der Waals surface area contributed by atoms with Crippen molar-refractivity contribution in [2.24, 2.45) is 0 Å². The smallest absolute Gasteiger partial charge is 0.335 e. The fourth-order valence-electron chi connectivity index (χ4n) is 2.45. The van der Waals surface area contributed by atoms with E-state index in [-0.39, 0.29) is 18.0 Å². The van der Waals surface area contributed by atoms with Gasteiger partial charge in [0.05, 0.1) is 10.6 Å². The summed E-state index contributed by atoms with van der Waals surface area (Å²) in [4.78, 5) is 22.8. The number of carboxylic acids is 1. The Morgan fingerprint density at radius 3 is 2.46 bits per heavy atom. The third-order valence-electron chi connectivity index (χ3n) is 3.89. The standard InChI is InChI=1S/C21H15Cl2NO4/c22-15-5-8-17(18(23)11-15)19-9-6-16(28-19)7-10-20(25)24-12-13-1-3-14(4-2-13)21(26)27/h1-11H,12H2,(H,24,25)(H,26,27)/b10-7+. The fraction of sp³-hybridized carbons (Fsp3) is 0.0476. The Hall–Kier alpha value is -3.02. The van der Waals surface area contributed by atoms with E-state index < -0.39 is 5.97 Å². The first-order valence-corrected chi connectivity index (χ1v) is 9.01. The Bertz CT molecular complexity index is 1040. The number of halogens is 2. The van der Waals surface area contributed by atoms with Gasteiger partial charge in [-0.2, -0.15) is 0 Å². The normalized spacial score (nSPS) is 10.9. The van der Waals surface area contributed by atoms with Gasteiger partial charge in [0.15, 0.2) is 0 Å². The molecule has 142 valence electrons. The highest BCUT2D eigenvalue weighted by molar-refractivity contribution is 6.36. The number of aromatic carboxylic acids is 1. The Morgan fingerprint density at radius 1 is 1.04 bits per heavy atom. The van der Waals surface area contributed by atoms with Crippen molar-refractivity contribution >= 4 is 41.2 Å². The second-order valence-corrected chi connectivity index (χ2v) is 6.72. The summed E-state index contributed by atoms with van der Waals surface area (Å²) in [5.41, 5.74) is 1.70. The molecule has 0 radical (unpaired) electrons. The molecule has 3 aromatic rings. The van der Waals surface area contributed by atoms with Crippen molar-refractivity contribution in [1.82, 2.24) is 5.32 Å². The van der Waals surface area contributed by atoms with Gasteiger partial charge in [-0.1, -0.05) is 35.3 Å². The van der Waals surface area contributed by atoms with Crippen LogP contribution in [0.2, 0.25) is 10.0 Å². The molecule has 3 rings (SSSR count). The summed E-state index contributed by atoms with van der Waals surface area (Å²) < 4.78 is 5.69. The summed E-state index contributed by atoms with van der Waals surface area (Å²) in [6.45, 7) is 0.285. The maximum absolute atomic E-state index is 12.0. The van der Waals surface area contributed by atoms with Gasteiger partial charge in [0.1, 0.15) is 11.5 Å². The molecule has 1 aromatic heterocycles. The molecule has 0 aliphatic carbocycles. The molecule has 0 bridgehead atoms. The van der Waals surface area contributed by atoms with Gasteiger partial charge in [-0.3, -0.25) is 4.79 Å². The molecule has 0 saturated carbocycles. The summed E-state index contributed by atoms with van der Waals surface area (Å²) >= 11 is 12.1. The summed E-state index contributed by atoms with van der Waals surface area (Å²) in [6, 6.07) is 14.9. The second kappa shape index (κ2) is 8.78. The van der Waals surface area contributed by atoms with Crippen LogP contribution in [0.1, 0.15) is 21.7 Å². The summed E-state index contributed by atoms with van der Waals surface area (Å²) in [5, 5.41) is 12.6. The SMILES string of the molecule is O=C(/C=C/c1ccc(-c2ccc(Cl)cc2Cl)o1)NCc1ccc(C(=O)O)cc1. The molecule has 2 N–H and O–H groups in total. The average molecular weight is 416 g/mol. The number of amides is 1. The van der Waals surface area contributed by atoms with Crippen molar-refractivity contribution in [2.45, 2.75) is 6.54 Å². The van der Waals surface area contributed by atoms with Gasteiger partial charge >= 0.3 is 5.97 Å². The van der Waals surface area contributed by atoms with Gasteiger partial charge < -0.3 is 14.8 Å². The lowest BCUT2D eigenvalue weighted by atomic mass is 10.1. The third kappa shape index (κ3) is 5.03. The van der Waals surface area contributed by atoms with E-state index in [1.807, 2.05) is 0 Å². The first kappa shape index (κ1) is 19.7. The molecule has 0 atom stereocenters. The summed E-state index contributed by atoms with van der Waals surface area (Å²) in [7, 11) is 0. The molecule has 0 aliphatic heterocycles. The topological polar surface area (TPSA) is 79.5 Å². The van der Waals surface area contributed by atoms with Gasteiger partial charge in [0, 0.05) is 23.2 Å². The number of carbonyl (C=O) groups is 2. The van der Waals surface area contributed by atoms with E-state index in [0.29, 0.717) is 27.1 Å². The monoisotopic (exact) mass is 415 g/mol. The molecule has 0 fully saturated rings. The van der Waals surface area contributed by atoms with Gasteiger partial charge in [0.25, 0.3) is 0 Å². The van der Waals surface area contributed by atoms with E-state index in [0.717, 1.165) is 5.56 Å². The van der Waals surface area contributed by atoms with Crippen LogP contribution in [0.4, 0.5) is 0 Å². The number of benzene rings is 2. The highest BCUT2D eigenvalue weighted by Gasteiger charge is 2.08. The van der Waals surface area contributed by atoms with E-state index in [1.165, 1.54) is 18.2 Å². The number of hydrogen-bond acceptors (Lipinski definition) is 3. The highest BCUT2D eigenvalue weighted by Crippen LogP contribution is 2.31. The van der Waals surface area contributed by atoms with E-state index in [1.54, 1.807) is 48.5 Å². The lowest BCUT2D eigenvalue weighted by Crippen LogP contribution is -2.20. The van der Waals surface area contributed by atoms with Crippen LogP contribution in [0, 0.1) is 0 Å². The minimum atomic E-state index is -0.990. The maximum Gasteiger partial charge on any atom is 0.335 e. The van der Waals surface area contributed by atoms with Crippen molar-refractivity contribution < 1.29 is 19.1 Å². The molecule has 0 unspecified atom stereocenters. The number of rotatable bonds is 6. The zero-order chi connectivity index (χ0) is 20.1. The fourth-order valence-corrected chi connectivity index (χ4v) is 2.95. The molecule has 1 amide bonds. The summed E-state index contributed by atoms with van der Waals surface area (Å²) in [6.07, 6.45) is 2.91. The minimum absolute atomic E-state index is 0.199. The van der Waals surface area contributed by atoms with Gasteiger partial charge in [-0.15, -0.1) is 0 Å². The molecule has 0 saturated heterocycles. The molecule has 2 aromatic carbocycles. The van der Waals surface area contributed by atoms with Crippen LogP contribution < -0.4 is 5.32 Å². The molecular weight excluding hydrogens is 401 g/mol. The Balaban J connectivity index is 1.58. The molecule has 0 aliphatic rings. The quantitative estimate of drug-likeness (QED) is 0.536. The molecule has 7 heteroatoms. The van der Waals surface area contributed by atoms with Crippen molar-refractivity contribution in [2.75, 3.05) is 0 Å². The van der Waals surface area contributed by atoms with Crippen LogP contribution in [0.25, 0.3) is 17.4 Å². The Morgan fingerprint density at radius 2 is 1.79 bits per heavy atom. The first-order valence-electron chi connectivity index (χ1n) is 8.26. The number of nitrogens with one attached hydrogen (secondary N) is 1. The highest BCUT2D eigenvalue weighted by atomic mass is 35.5. The molecule has 1 heterocycles. The molecule has 0 spiro atoms. The van der Waals surface area contributed by atoms with Crippen LogP contribution >= 0.6 is 23.2 Å². The first-order chi connectivity index (χ1) is 13.4. The van der Waals surface area contributed by atoms with Crippen molar-refractivity contribution in [3.63, 3.8) is 0 Å². The Kier molecular flexibility index (Phi) is 6.19. The second-order valence-electron chi connectivity index (χ2n) is 5.88. The molecular formula is C21H15Cl2NO4. The van der Waals surface area contributed by atoms with E-state index in [9.17, 15) is 9.59 Å². The van der Waals surface area contributed by atoms with Crippen LogP contribution in [-0.4, -0.2) is 17.0 Å². The predicted molar refractivity (Wildman–Crippen MR) is 108 cm³/mol. The van der Waals surface area contributed by atoms with Gasteiger partial charge in [-0.05, 0) is 54.1 Å². The number of furan rings is 1. The minimum Gasteiger partial charge on any atom is -0.478 e. The van der Waals surface area contributed by atoms with Gasteiger partial charge in [0.2, 0.25) is 5.91 Å². The Labute approximate surface area is 171 Å². The lowest BCUT2D eigenvalue weighted by Gasteiger charge is -2.03. The zero-order valence-corrected chi connectivity index (χ0v) is 16.0.